The number of hydrogen-bond acceptors (Lipinski definition) is 2. The fourth-order valence-corrected chi connectivity index (χ4v) is 3.87. The molecule has 2 N–H and O–H groups in total. The van der Waals surface area contributed by atoms with Gasteiger partial charge in [-0.1, -0.05) is 30.3 Å². The molecule has 2 aliphatic rings. The number of rotatable bonds is 1. The van der Waals surface area contributed by atoms with E-state index in [2.05, 4.69) is 69.5 Å². The number of aromatic nitrogens is 4. The zero-order chi connectivity index (χ0) is 19.9. The van der Waals surface area contributed by atoms with Gasteiger partial charge in [0.25, 0.3) is 0 Å². The van der Waals surface area contributed by atoms with Crippen molar-refractivity contribution in [1.82, 2.24) is 19.9 Å². The summed E-state index contributed by atoms with van der Waals surface area (Å²) < 4.78 is 0. The molecule has 4 nitrogen and oxygen atoms in total. The van der Waals surface area contributed by atoms with Crippen molar-refractivity contribution in [3.8, 4) is 11.1 Å². The Morgan fingerprint density at radius 1 is 0.516 bits per heavy atom. The molecule has 0 spiro atoms. The van der Waals surface area contributed by atoms with Gasteiger partial charge in [0.2, 0.25) is 0 Å². The maximum atomic E-state index is 4.76. The van der Waals surface area contributed by atoms with Gasteiger partial charge in [0, 0.05) is 48.7 Å². The Balaban J connectivity index is 0.00000204. The third-order valence-electron chi connectivity index (χ3n) is 5.25. The Bertz CT molecular complexity index is 1490. The van der Waals surface area contributed by atoms with Crippen LogP contribution in [0.5, 0.6) is 0 Å². The molecule has 6 rings (SSSR count). The van der Waals surface area contributed by atoms with Crippen LogP contribution in [0, 0.1) is 0 Å². The summed E-state index contributed by atoms with van der Waals surface area (Å²) in [7, 11) is 0. The molecule has 152 valence electrons. The average molecular weight is 582 g/mol. The predicted octanol–water partition coefficient (Wildman–Crippen LogP) is 6.32. The first kappa shape index (κ1) is 19.5. The van der Waals surface area contributed by atoms with Crippen LogP contribution in [0.25, 0.3) is 57.5 Å². The topological polar surface area (TPSA) is 57.4 Å². The summed E-state index contributed by atoms with van der Waals surface area (Å²) in [5.74, 6) is 0. The Morgan fingerprint density at radius 2 is 1.13 bits per heavy atom. The van der Waals surface area contributed by atoms with Gasteiger partial charge in [-0.3, -0.25) is 0 Å². The maximum absolute atomic E-state index is 4.76. The Labute approximate surface area is 193 Å². The van der Waals surface area contributed by atoms with E-state index in [4.69, 9.17) is 4.98 Å². The minimum atomic E-state index is 0. The first-order chi connectivity index (χ1) is 14.8. The molecule has 3 aromatic heterocycles. The second-order valence-corrected chi connectivity index (χ2v) is 7.45. The molecule has 1 aromatic carbocycles. The van der Waals surface area contributed by atoms with Crippen molar-refractivity contribution in [2.24, 2.45) is 0 Å². The zero-order valence-corrected chi connectivity index (χ0v) is 18.7. The zero-order valence-electron chi connectivity index (χ0n) is 16.4. The van der Waals surface area contributed by atoms with Gasteiger partial charge >= 0.3 is 0 Å². The van der Waals surface area contributed by atoms with Crippen LogP contribution in [0.2, 0.25) is 0 Å². The number of nitrogens with one attached hydrogen (secondary N) is 2. The minimum Gasteiger partial charge on any atom is -0.355 e. The number of benzene rings is 1. The molecule has 4 aromatic rings. The van der Waals surface area contributed by atoms with Gasteiger partial charge in [0.15, 0.2) is 0 Å². The van der Waals surface area contributed by atoms with Gasteiger partial charge in [-0.15, -0.1) is 0 Å². The molecule has 0 fully saturated rings. The quantitative estimate of drug-likeness (QED) is 0.239. The first-order valence-electron chi connectivity index (χ1n) is 9.92. The van der Waals surface area contributed by atoms with Crippen molar-refractivity contribution in [3.63, 3.8) is 0 Å². The summed E-state index contributed by atoms with van der Waals surface area (Å²) in [5, 5.41) is 0. The summed E-state index contributed by atoms with van der Waals surface area (Å²) >= 11 is 0. The van der Waals surface area contributed by atoms with Crippen LogP contribution in [-0.4, -0.2) is 19.9 Å². The second kappa shape index (κ2) is 7.97. The van der Waals surface area contributed by atoms with Crippen LogP contribution in [-0.2, 0) is 21.1 Å². The molecule has 0 amide bonds. The summed E-state index contributed by atoms with van der Waals surface area (Å²) in [6, 6.07) is 25.0. The Morgan fingerprint density at radius 3 is 1.84 bits per heavy atom. The normalized spacial score (nSPS) is 12.0. The van der Waals surface area contributed by atoms with Crippen molar-refractivity contribution in [2.45, 2.75) is 0 Å². The smallest absolute Gasteiger partial charge is 0.0659 e. The molecule has 0 radical (unpaired) electrons. The third kappa shape index (κ3) is 3.95. The largest absolute Gasteiger partial charge is 0.355 e. The standard InChI is InChI=1S/C26H18N4.Pt/c1-2-4-17(5-3-1)25-15-24-14-22-9-8-20(28-22)12-18-6-7-19(27-18)13-21-10-11-23(29-21)16-26(25)30-24;/h1-16,28,30H;. The molecule has 0 saturated heterocycles. The summed E-state index contributed by atoms with van der Waals surface area (Å²) in [6.07, 6.45) is 8.10. The van der Waals surface area contributed by atoms with E-state index in [1.54, 1.807) is 0 Å². The number of nitrogens with zero attached hydrogens (tertiary/aromatic N) is 2. The van der Waals surface area contributed by atoms with E-state index < -0.39 is 0 Å². The van der Waals surface area contributed by atoms with Gasteiger partial charge in [0.05, 0.1) is 22.8 Å². The van der Waals surface area contributed by atoms with Gasteiger partial charge in [-0.2, -0.15) is 0 Å². The second-order valence-electron chi connectivity index (χ2n) is 7.45. The van der Waals surface area contributed by atoms with Crippen molar-refractivity contribution < 1.29 is 21.1 Å². The van der Waals surface area contributed by atoms with E-state index in [0.29, 0.717) is 0 Å². The van der Waals surface area contributed by atoms with Crippen LogP contribution >= 0.6 is 0 Å². The van der Waals surface area contributed by atoms with Crippen molar-refractivity contribution in [2.75, 3.05) is 0 Å². The number of fused-ring (bicyclic) bond motifs is 8. The average Bonchev–Trinajstić information content (AvgIpc) is 3.53. The summed E-state index contributed by atoms with van der Waals surface area (Å²) in [6.45, 7) is 0. The Kier molecular flexibility index (Phi) is 5.01. The van der Waals surface area contributed by atoms with Crippen molar-refractivity contribution in [3.05, 3.63) is 95.6 Å². The predicted molar refractivity (Wildman–Crippen MR) is 124 cm³/mol. The number of H-pyrrole nitrogens is 2. The molecule has 0 saturated carbocycles. The summed E-state index contributed by atoms with van der Waals surface area (Å²) in [4.78, 5) is 16.4. The fraction of sp³-hybridized carbons (Fsp3) is 0. The van der Waals surface area contributed by atoms with Gasteiger partial charge < -0.3 is 9.97 Å². The van der Waals surface area contributed by atoms with E-state index in [1.807, 2.05) is 42.5 Å². The molecule has 0 unspecified atom stereocenters. The van der Waals surface area contributed by atoms with Crippen LogP contribution in [0.1, 0.15) is 22.8 Å². The fourth-order valence-electron chi connectivity index (χ4n) is 3.87. The third-order valence-corrected chi connectivity index (χ3v) is 5.25. The van der Waals surface area contributed by atoms with Gasteiger partial charge in [-0.05, 0) is 72.3 Å². The number of aromatic amines is 2. The molecular formula is C26H18N4Pt. The number of hydrogen-bond donors (Lipinski definition) is 2. The van der Waals surface area contributed by atoms with Crippen LogP contribution in [0.15, 0.2) is 72.8 Å². The van der Waals surface area contributed by atoms with Gasteiger partial charge in [0.1, 0.15) is 0 Å². The van der Waals surface area contributed by atoms with Crippen molar-refractivity contribution >= 4 is 46.4 Å². The molecule has 31 heavy (non-hydrogen) atoms. The monoisotopic (exact) mass is 581 g/mol. The van der Waals surface area contributed by atoms with E-state index in [0.717, 1.165) is 50.4 Å². The van der Waals surface area contributed by atoms with E-state index in [9.17, 15) is 0 Å². The maximum Gasteiger partial charge on any atom is 0.0659 e. The van der Waals surface area contributed by atoms with Crippen LogP contribution < -0.4 is 0 Å². The summed E-state index contributed by atoms with van der Waals surface area (Å²) in [5.41, 5.74) is 10.1. The molecule has 5 heteroatoms. The van der Waals surface area contributed by atoms with Crippen molar-refractivity contribution in [1.29, 1.82) is 0 Å². The molecule has 8 bridgehead atoms. The minimum absolute atomic E-state index is 0. The molecule has 0 atom stereocenters. The Hall–Kier alpha value is -3.49. The SMILES string of the molecule is C1=Cc2cc3ccc(cc4cc(-c5ccccc5)c(cc5nc(cc1n2)C=C5)[nH]4)[nH]3.[Pt]. The molecular weight excluding hydrogens is 563 g/mol. The molecule has 0 aliphatic carbocycles. The van der Waals surface area contributed by atoms with Crippen LogP contribution in [0.3, 0.4) is 0 Å². The van der Waals surface area contributed by atoms with Gasteiger partial charge in [-0.25, -0.2) is 9.97 Å². The van der Waals surface area contributed by atoms with E-state index in [1.165, 1.54) is 5.56 Å². The molecule has 2 aliphatic heterocycles. The van der Waals surface area contributed by atoms with Crippen LogP contribution in [0.4, 0.5) is 0 Å². The first-order valence-corrected chi connectivity index (χ1v) is 9.92. The van der Waals surface area contributed by atoms with E-state index >= 15 is 0 Å². The van der Waals surface area contributed by atoms with E-state index in [-0.39, 0.29) is 21.1 Å². The molecule has 5 heterocycles.